The van der Waals surface area contributed by atoms with Crippen LogP contribution in [0.3, 0.4) is 0 Å². The molecule has 1 aromatic carbocycles. The Morgan fingerprint density at radius 3 is 2.37 bits per heavy atom. The summed E-state index contributed by atoms with van der Waals surface area (Å²) in [6, 6.07) is 7.87. The number of hydrogen-bond donors (Lipinski definition) is 2. The molecule has 0 aliphatic carbocycles. The molecule has 0 radical (unpaired) electrons. The maximum absolute atomic E-state index is 13.5. The highest BCUT2D eigenvalue weighted by molar-refractivity contribution is 7.91. The molecule has 2 aliphatic heterocycles. The summed E-state index contributed by atoms with van der Waals surface area (Å²) in [6.45, 7) is -0.384. The zero-order valence-corrected chi connectivity index (χ0v) is 21.8. The molecule has 0 saturated carbocycles. The normalized spacial score (nSPS) is 23.7. The first kappa shape index (κ1) is 25.1. The van der Waals surface area contributed by atoms with Crippen LogP contribution >= 0.6 is 22.9 Å². The second-order valence-electron chi connectivity index (χ2n) is 9.13. The summed E-state index contributed by atoms with van der Waals surface area (Å²) in [5, 5.41) is 33.9. The molecule has 2 saturated heterocycles. The first-order valence-corrected chi connectivity index (χ1v) is 14.2. The van der Waals surface area contributed by atoms with Crippen LogP contribution in [0.25, 0.3) is 21.3 Å². The van der Waals surface area contributed by atoms with Gasteiger partial charge in [-0.25, -0.2) is 13.4 Å². The monoisotopic (exact) mass is 573 g/mol. The minimum absolute atomic E-state index is 0.0161. The van der Waals surface area contributed by atoms with Crippen LogP contribution in [-0.2, 0) is 10.0 Å². The molecule has 2 aliphatic rings. The van der Waals surface area contributed by atoms with Crippen LogP contribution in [-0.4, -0.2) is 81.1 Å². The van der Waals surface area contributed by atoms with E-state index in [9.17, 15) is 28.6 Å². The van der Waals surface area contributed by atoms with E-state index in [4.69, 9.17) is 11.6 Å². The van der Waals surface area contributed by atoms with Gasteiger partial charge in [-0.1, -0.05) is 17.7 Å². The van der Waals surface area contributed by atoms with E-state index in [1.54, 1.807) is 36.4 Å². The number of halogens is 1. The number of thiophene rings is 1. The molecule has 4 atom stereocenters. The lowest BCUT2D eigenvalue weighted by Crippen LogP contribution is -2.59. The van der Waals surface area contributed by atoms with Gasteiger partial charge in [0.05, 0.1) is 30.2 Å². The van der Waals surface area contributed by atoms with E-state index in [1.165, 1.54) is 34.0 Å². The Morgan fingerprint density at radius 2 is 1.74 bits per heavy atom. The summed E-state index contributed by atoms with van der Waals surface area (Å²) in [6.07, 6.45) is 2.64. The number of carbonyl (C=O) groups is 1. The second-order valence-corrected chi connectivity index (χ2v) is 12.8. The Balaban J connectivity index is 1.26. The number of aliphatic hydroxyl groups excluding tert-OH is 2. The topological polar surface area (TPSA) is 151 Å². The fourth-order valence-electron chi connectivity index (χ4n) is 4.95. The highest BCUT2D eigenvalue weighted by Gasteiger charge is 2.56. The van der Waals surface area contributed by atoms with Gasteiger partial charge in [-0.15, -0.1) is 11.3 Å². The Kier molecular flexibility index (Phi) is 6.09. The molecule has 5 heterocycles. The molecule has 4 unspecified atom stereocenters. The first-order valence-electron chi connectivity index (χ1n) is 11.5. The molecule has 2 bridgehead atoms. The van der Waals surface area contributed by atoms with Gasteiger partial charge in [0.25, 0.3) is 15.9 Å². The van der Waals surface area contributed by atoms with Crippen molar-refractivity contribution in [3.63, 3.8) is 0 Å². The van der Waals surface area contributed by atoms with Crippen LogP contribution in [0.5, 0.6) is 0 Å². The summed E-state index contributed by atoms with van der Waals surface area (Å²) in [4.78, 5) is 23.2. The summed E-state index contributed by atoms with van der Waals surface area (Å²) in [5.74, 6) is -0.575. The number of pyridine rings is 1. The number of nitrogens with zero attached hydrogens (tertiary/aromatic N) is 5. The number of amides is 1. The van der Waals surface area contributed by atoms with Crippen molar-refractivity contribution in [2.24, 2.45) is 0 Å². The fraction of sp³-hybridized carbons (Fsp3) is 0.250. The van der Waals surface area contributed by atoms with Gasteiger partial charge in [0, 0.05) is 40.5 Å². The van der Waals surface area contributed by atoms with Gasteiger partial charge in [-0.05, 0) is 23.6 Å². The number of hydrogen-bond acceptors (Lipinski definition) is 9. The molecule has 6 rings (SSSR count). The Labute approximate surface area is 225 Å². The van der Waals surface area contributed by atoms with Crippen molar-refractivity contribution in [3.8, 4) is 11.3 Å². The summed E-state index contributed by atoms with van der Waals surface area (Å²) in [7, 11) is -3.97. The Bertz CT molecular complexity index is 1630. The summed E-state index contributed by atoms with van der Waals surface area (Å²) < 4.78 is 29.7. The lowest BCUT2D eigenvalue weighted by molar-refractivity contribution is -0.605. The van der Waals surface area contributed by atoms with E-state index in [2.05, 4.69) is 9.97 Å². The van der Waals surface area contributed by atoms with Crippen LogP contribution in [0.1, 0.15) is 10.5 Å². The lowest BCUT2D eigenvalue weighted by atomic mass is 10.1. The van der Waals surface area contributed by atoms with Crippen molar-refractivity contribution < 1.29 is 28.2 Å². The molecule has 2 N–H and O–H groups in total. The first-order chi connectivity index (χ1) is 18.1. The van der Waals surface area contributed by atoms with Gasteiger partial charge in [-0.2, -0.15) is 9.04 Å². The minimum Gasteiger partial charge on any atom is -0.619 e. The molecule has 1 amide bonds. The van der Waals surface area contributed by atoms with Crippen molar-refractivity contribution in [2.75, 3.05) is 13.1 Å². The molecule has 3 aromatic heterocycles. The molecule has 38 heavy (non-hydrogen) atoms. The van der Waals surface area contributed by atoms with Crippen LogP contribution in [0.4, 0.5) is 0 Å². The molecule has 11 nitrogen and oxygen atoms in total. The van der Waals surface area contributed by atoms with Crippen molar-refractivity contribution in [2.45, 2.75) is 28.5 Å². The SMILES string of the molecule is O=C(c1cnc(-c2cc[n+]([O-])cc2)cn1)N1C2CN(S(=O)(=O)c3cc4ccc(Cl)cc4s3)CC1C(O)C2O. The molecule has 0 spiro atoms. The number of aromatic nitrogens is 3. The predicted octanol–water partition coefficient (Wildman–Crippen LogP) is 1.26. The lowest BCUT2D eigenvalue weighted by Gasteiger charge is -2.40. The highest BCUT2D eigenvalue weighted by atomic mass is 35.5. The van der Waals surface area contributed by atoms with E-state index in [1.807, 2.05) is 0 Å². The van der Waals surface area contributed by atoms with E-state index in [-0.39, 0.29) is 23.0 Å². The average Bonchev–Trinajstić information content (AvgIpc) is 3.41. The van der Waals surface area contributed by atoms with Gasteiger partial charge in [0.2, 0.25) is 0 Å². The molecule has 2 fully saturated rings. The average molecular weight is 574 g/mol. The van der Waals surface area contributed by atoms with Crippen LogP contribution in [0, 0.1) is 5.21 Å². The zero-order valence-electron chi connectivity index (χ0n) is 19.5. The van der Waals surface area contributed by atoms with E-state index >= 15 is 0 Å². The van der Waals surface area contributed by atoms with Gasteiger partial charge in [-0.3, -0.25) is 9.78 Å². The number of carbonyl (C=O) groups excluding carboxylic acids is 1. The van der Waals surface area contributed by atoms with Crippen molar-refractivity contribution in [1.29, 1.82) is 0 Å². The Hall–Kier alpha value is -3.20. The smallest absolute Gasteiger partial charge is 0.274 e. The fourth-order valence-corrected chi connectivity index (χ4v) is 8.26. The number of rotatable bonds is 4. The maximum Gasteiger partial charge on any atom is 0.274 e. The second kappa shape index (κ2) is 9.22. The van der Waals surface area contributed by atoms with Gasteiger partial charge in [0.1, 0.15) is 22.1 Å². The zero-order chi connectivity index (χ0) is 26.8. The predicted molar refractivity (Wildman–Crippen MR) is 138 cm³/mol. The number of benzene rings is 1. The van der Waals surface area contributed by atoms with Crippen molar-refractivity contribution in [1.82, 2.24) is 19.2 Å². The van der Waals surface area contributed by atoms with Crippen LogP contribution in [0.15, 0.2) is 65.4 Å². The van der Waals surface area contributed by atoms with Crippen molar-refractivity contribution >= 4 is 49.0 Å². The third-order valence-electron chi connectivity index (χ3n) is 6.89. The van der Waals surface area contributed by atoms with Gasteiger partial charge < -0.3 is 20.3 Å². The number of aliphatic hydroxyl groups is 2. The number of piperazine rings is 1. The standard InChI is InChI=1S/C24H20ClN5O6S2/c25-15-2-1-14-7-21(37-20(14)8-15)38(35,36)29-11-18-22(31)23(32)19(12-29)30(18)24(33)17-10-26-16(9-27-17)13-3-5-28(34)6-4-13/h1-10,18-19,22-23,31-32H,11-12H2. The molecule has 14 heteroatoms. The molecule has 4 aromatic rings. The maximum atomic E-state index is 13.5. The van der Waals surface area contributed by atoms with E-state index < -0.39 is 40.2 Å². The van der Waals surface area contributed by atoms with Gasteiger partial charge in [0.15, 0.2) is 12.4 Å². The number of sulfonamides is 1. The van der Waals surface area contributed by atoms with Crippen molar-refractivity contribution in [3.05, 3.63) is 77.1 Å². The number of fused-ring (bicyclic) bond motifs is 3. The summed E-state index contributed by atoms with van der Waals surface area (Å²) >= 11 is 7.13. The van der Waals surface area contributed by atoms with Crippen LogP contribution < -0.4 is 4.73 Å². The third-order valence-corrected chi connectivity index (χ3v) is 10.5. The van der Waals surface area contributed by atoms with E-state index in [0.29, 0.717) is 21.0 Å². The molecule has 196 valence electrons. The quantitative estimate of drug-likeness (QED) is 0.274. The minimum atomic E-state index is -3.97. The highest BCUT2D eigenvalue weighted by Crippen LogP contribution is 2.38. The molecular formula is C24H20ClN5O6S2. The van der Waals surface area contributed by atoms with Crippen LogP contribution in [0.2, 0.25) is 5.02 Å². The third kappa shape index (κ3) is 4.11. The Morgan fingerprint density at radius 1 is 1.05 bits per heavy atom. The van der Waals surface area contributed by atoms with E-state index in [0.717, 1.165) is 21.4 Å². The van der Waals surface area contributed by atoms with Gasteiger partial charge >= 0.3 is 0 Å². The largest absolute Gasteiger partial charge is 0.619 e. The summed E-state index contributed by atoms with van der Waals surface area (Å²) in [5.41, 5.74) is 1.07. The molecular weight excluding hydrogens is 554 g/mol.